The van der Waals surface area contributed by atoms with Gasteiger partial charge >= 0.3 is 6.09 Å². The van der Waals surface area contributed by atoms with E-state index < -0.39 is 36.1 Å². The maximum absolute atomic E-state index is 11.1. The summed E-state index contributed by atoms with van der Waals surface area (Å²) in [5.41, 5.74) is -0.804. The summed E-state index contributed by atoms with van der Waals surface area (Å²) in [6.07, 6.45) is -1.90. The third kappa shape index (κ3) is 6.63. The zero-order valence-corrected chi connectivity index (χ0v) is 9.23. The molecule has 0 rings (SSSR count). The lowest BCUT2D eigenvalue weighted by Gasteiger charge is -2.24. The van der Waals surface area contributed by atoms with Crippen molar-refractivity contribution in [3.05, 3.63) is 0 Å². The fourth-order valence-electron chi connectivity index (χ4n) is 0.810. The highest BCUT2D eigenvalue weighted by atomic mass is 16.6. The third-order valence-electron chi connectivity index (χ3n) is 1.35. The van der Waals surface area contributed by atoms with Crippen LogP contribution >= 0.6 is 0 Å². The molecule has 1 atom stereocenters. The lowest BCUT2D eigenvalue weighted by molar-refractivity contribution is -0.317. The van der Waals surface area contributed by atoms with Gasteiger partial charge in [-0.15, -0.1) is 0 Å². The maximum atomic E-state index is 11.1. The minimum Gasteiger partial charge on any atom is -0.550 e. The van der Waals surface area contributed by atoms with Crippen LogP contribution in [0.4, 0.5) is 4.79 Å². The molecule has 1 unspecified atom stereocenters. The molecule has 0 aromatic rings. The average Bonchev–Trinajstić information content (AvgIpc) is 1.97. The largest absolute Gasteiger partial charge is 0.550 e. The molecule has 0 heterocycles. The highest BCUT2D eigenvalue weighted by molar-refractivity contribution is 5.83. The number of aliphatic carboxylic acids is 2. The molecular formula is C9H13NO6-2. The lowest BCUT2D eigenvalue weighted by atomic mass is 10.2. The Bertz CT molecular complexity index is 293. The van der Waals surface area contributed by atoms with Crippen LogP contribution in [-0.2, 0) is 14.3 Å². The van der Waals surface area contributed by atoms with Gasteiger partial charge in [0.05, 0.1) is 12.0 Å². The molecular weight excluding hydrogens is 218 g/mol. The van der Waals surface area contributed by atoms with E-state index in [1.54, 1.807) is 20.8 Å². The molecule has 16 heavy (non-hydrogen) atoms. The van der Waals surface area contributed by atoms with Gasteiger partial charge in [0, 0.05) is 12.4 Å². The Morgan fingerprint density at radius 1 is 1.25 bits per heavy atom. The van der Waals surface area contributed by atoms with Gasteiger partial charge < -0.3 is 29.9 Å². The molecule has 0 aromatic heterocycles. The summed E-state index contributed by atoms with van der Waals surface area (Å²) in [5.74, 6) is -3.32. The van der Waals surface area contributed by atoms with Crippen molar-refractivity contribution in [1.82, 2.24) is 5.32 Å². The summed E-state index contributed by atoms with van der Waals surface area (Å²) < 4.78 is 4.75. The number of carbonyl (C=O) groups is 3. The molecule has 0 aliphatic carbocycles. The van der Waals surface area contributed by atoms with Crippen LogP contribution in [0, 0.1) is 0 Å². The van der Waals surface area contributed by atoms with E-state index in [-0.39, 0.29) is 0 Å². The van der Waals surface area contributed by atoms with E-state index in [0.717, 1.165) is 0 Å². The van der Waals surface area contributed by atoms with Crippen LogP contribution in [0.25, 0.3) is 0 Å². The number of nitrogens with one attached hydrogen (secondary N) is 1. The fourth-order valence-corrected chi connectivity index (χ4v) is 0.810. The number of hydrogen-bond donors (Lipinski definition) is 1. The Labute approximate surface area is 92.4 Å². The second kappa shape index (κ2) is 5.34. The van der Waals surface area contributed by atoms with Crippen molar-refractivity contribution >= 4 is 18.0 Å². The predicted octanol–water partition coefficient (Wildman–Crippen LogP) is -2.23. The van der Waals surface area contributed by atoms with Gasteiger partial charge in [-0.05, 0) is 20.8 Å². The first kappa shape index (κ1) is 14.2. The van der Waals surface area contributed by atoms with Crippen LogP contribution in [-0.4, -0.2) is 29.7 Å². The first-order valence-electron chi connectivity index (χ1n) is 4.52. The van der Waals surface area contributed by atoms with E-state index in [1.807, 2.05) is 5.32 Å². The van der Waals surface area contributed by atoms with Crippen LogP contribution in [0.2, 0.25) is 0 Å². The number of ether oxygens (including phenoxy) is 1. The Morgan fingerprint density at radius 3 is 2.06 bits per heavy atom. The van der Waals surface area contributed by atoms with Gasteiger partial charge in [-0.2, -0.15) is 0 Å². The minimum absolute atomic E-state index is 0.804. The fraction of sp³-hybridized carbons (Fsp3) is 0.667. The van der Waals surface area contributed by atoms with E-state index in [0.29, 0.717) is 0 Å². The van der Waals surface area contributed by atoms with Crippen molar-refractivity contribution < 1.29 is 29.3 Å². The summed E-state index contributed by atoms with van der Waals surface area (Å²) in [7, 11) is 0. The molecule has 0 aliphatic heterocycles. The molecule has 92 valence electrons. The molecule has 0 saturated heterocycles. The Morgan fingerprint density at radius 2 is 1.75 bits per heavy atom. The van der Waals surface area contributed by atoms with Crippen molar-refractivity contribution in [3.63, 3.8) is 0 Å². The van der Waals surface area contributed by atoms with Crippen molar-refractivity contribution in [2.24, 2.45) is 0 Å². The van der Waals surface area contributed by atoms with Crippen molar-refractivity contribution in [3.8, 4) is 0 Å². The lowest BCUT2D eigenvalue weighted by Crippen LogP contribution is -2.51. The molecule has 1 N–H and O–H groups in total. The molecule has 1 amide bonds. The molecule has 0 radical (unpaired) electrons. The van der Waals surface area contributed by atoms with Crippen molar-refractivity contribution in [2.75, 3.05) is 0 Å². The van der Waals surface area contributed by atoms with Gasteiger partial charge in [0.2, 0.25) is 0 Å². The Balaban J connectivity index is 4.35. The highest BCUT2D eigenvalue weighted by Gasteiger charge is 2.20. The molecule has 7 heteroatoms. The van der Waals surface area contributed by atoms with E-state index >= 15 is 0 Å². The van der Waals surface area contributed by atoms with Crippen LogP contribution < -0.4 is 15.5 Å². The van der Waals surface area contributed by atoms with Crippen molar-refractivity contribution in [1.29, 1.82) is 0 Å². The number of alkyl carbamates (subject to hydrolysis) is 1. The molecule has 0 bridgehead atoms. The van der Waals surface area contributed by atoms with Gasteiger partial charge in [-0.25, -0.2) is 4.79 Å². The van der Waals surface area contributed by atoms with Gasteiger partial charge in [-0.3, -0.25) is 0 Å². The number of rotatable bonds is 4. The molecule has 0 fully saturated rings. The van der Waals surface area contributed by atoms with E-state index in [2.05, 4.69) is 0 Å². The number of amides is 1. The van der Waals surface area contributed by atoms with Crippen LogP contribution in [0.5, 0.6) is 0 Å². The Hall–Kier alpha value is -1.79. The average molecular weight is 231 g/mol. The van der Waals surface area contributed by atoms with Gasteiger partial charge in [0.15, 0.2) is 0 Å². The molecule has 0 saturated carbocycles. The zero-order chi connectivity index (χ0) is 12.9. The number of carboxylic acid groups (broad SMARTS) is 2. The zero-order valence-electron chi connectivity index (χ0n) is 9.23. The maximum Gasteiger partial charge on any atom is 0.408 e. The summed E-state index contributed by atoms with van der Waals surface area (Å²) in [4.78, 5) is 31.8. The normalized spacial score (nSPS) is 12.7. The van der Waals surface area contributed by atoms with E-state index in [4.69, 9.17) is 4.74 Å². The van der Waals surface area contributed by atoms with E-state index in [1.165, 1.54) is 0 Å². The van der Waals surface area contributed by atoms with E-state index in [9.17, 15) is 24.6 Å². The smallest absolute Gasteiger partial charge is 0.408 e. The SMILES string of the molecule is CC(C)(C)OC(=O)NC(CC(=O)[O-])C(=O)[O-]. The summed E-state index contributed by atoms with van der Waals surface area (Å²) in [6.45, 7) is 4.75. The monoisotopic (exact) mass is 231 g/mol. The molecule has 7 nitrogen and oxygen atoms in total. The quantitative estimate of drug-likeness (QED) is 0.584. The molecule has 0 aromatic carbocycles. The Kier molecular flexibility index (Phi) is 4.74. The second-order valence-corrected chi connectivity index (χ2v) is 4.09. The third-order valence-corrected chi connectivity index (χ3v) is 1.35. The van der Waals surface area contributed by atoms with Gasteiger partial charge in [0.25, 0.3) is 0 Å². The van der Waals surface area contributed by atoms with Crippen LogP contribution in [0.3, 0.4) is 0 Å². The van der Waals surface area contributed by atoms with Crippen LogP contribution in [0.1, 0.15) is 27.2 Å². The predicted molar refractivity (Wildman–Crippen MR) is 47.8 cm³/mol. The first-order valence-corrected chi connectivity index (χ1v) is 4.52. The molecule has 0 spiro atoms. The van der Waals surface area contributed by atoms with Gasteiger partial charge in [-0.1, -0.05) is 0 Å². The number of carboxylic acids is 2. The number of carbonyl (C=O) groups excluding carboxylic acids is 3. The van der Waals surface area contributed by atoms with Crippen molar-refractivity contribution in [2.45, 2.75) is 38.8 Å². The first-order chi connectivity index (χ1) is 7.11. The second-order valence-electron chi connectivity index (χ2n) is 4.09. The highest BCUT2D eigenvalue weighted by Crippen LogP contribution is 2.06. The van der Waals surface area contributed by atoms with Crippen LogP contribution in [0.15, 0.2) is 0 Å². The minimum atomic E-state index is -1.71. The summed E-state index contributed by atoms with van der Waals surface area (Å²) in [5, 5.41) is 22.5. The topological polar surface area (TPSA) is 119 Å². The molecule has 0 aliphatic rings. The standard InChI is InChI=1S/C9H15NO6/c1-9(2,3)16-8(15)10-5(7(13)14)4-6(11)12/h5H,4H2,1-3H3,(H,10,15)(H,11,12)(H,13,14)/p-2. The summed E-state index contributed by atoms with van der Waals surface area (Å²) in [6, 6.07) is -1.67. The van der Waals surface area contributed by atoms with Gasteiger partial charge in [0.1, 0.15) is 5.60 Å². The summed E-state index contributed by atoms with van der Waals surface area (Å²) >= 11 is 0. The number of hydrogen-bond acceptors (Lipinski definition) is 6.